The average Bonchev–Trinajstić information content (AvgIpc) is 2.76. The minimum Gasteiger partial charge on any atom is -0.362 e. The molecule has 5 atom stereocenters. The summed E-state index contributed by atoms with van der Waals surface area (Å²) in [7, 11) is 0. The largest absolute Gasteiger partial charge is 0.362 e. The molecular weight excluding hydrogens is 276 g/mol. The van der Waals surface area contributed by atoms with Gasteiger partial charge in [0.25, 0.3) is 0 Å². The Morgan fingerprint density at radius 3 is 2.45 bits per heavy atom. The van der Waals surface area contributed by atoms with Crippen molar-refractivity contribution in [3.63, 3.8) is 0 Å². The highest BCUT2D eigenvalue weighted by molar-refractivity contribution is 5.87. The topological polar surface area (TPSA) is 57.5 Å². The third kappa shape index (κ3) is 1.85. The van der Waals surface area contributed by atoms with Crippen LogP contribution in [0.25, 0.3) is 0 Å². The molecule has 0 heterocycles. The Balaban J connectivity index is 1.69. The van der Waals surface area contributed by atoms with E-state index in [4.69, 9.17) is 0 Å². The minimum absolute atomic E-state index is 0.0644. The van der Waals surface area contributed by atoms with E-state index in [1.165, 1.54) is 5.57 Å². The maximum absolute atomic E-state index is 12.4. The first-order valence-electron chi connectivity index (χ1n) is 8.97. The maximum Gasteiger partial charge on any atom is 0.182 e. The zero-order chi connectivity index (χ0) is 15.8. The third-order valence-corrected chi connectivity index (χ3v) is 7.86. The van der Waals surface area contributed by atoms with E-state index in [-0.39, 0.29) is 10.8 Å². The van der Waals surface area contributed by atoms with Crippen molar-refractivity contribution in [3.05, 3.63) is 11.6 Å². The van der Waals surface area contributed by atoms with Gasteiger partial charge in [0.2, 0.25) is 0 Å². The molecule has 4 aliphatic rings. The second-order valence-corrected chi connectivity index (χ2v) is 8.80. The molecule has 122 valence electrons. The average molecular weight is 304 g/mol. The lowest BCUT2D eigenvalue weighted by Crippen LogP contribution is -2.51. The molecule has 0 aromatic carbocycles. The lowest BCUT2D eigenvalue weighted by Gasteiger charge is -2.57. The molecule has 2 N–H and O–H groups in total. The molecule has 3 saturated carbocycles. The van der Waals surface area contributed by atoms with Crippen LogP contribution in [-0.4, -0.2) is 21.8 Å². The molecule has 3 nitrogen and oxygen atoms in total. The van der Waals surface area contributed by atoms with Crippen molar-refractivity contribution in [1.29, 1.82) is 0 Å². The number of hydrogen-bond acceptors (Lipinski definition) is 3. The second kappa shape index (κ2) is 4.45. The summed E-state index contributed by atoms with van der Waals surface area (Å²) in [5.74, 6) is 0.724. The van der Waals surface area contributed by atoms with E-state index in [0.717, 1.165) is 44.9 Å². The van der Waals surface area contributed by atoms with Gasteiger partial charge in [0, 0.05) is 18.3 Å². The van der Waals surface area contributed by atoms with E-state index in [1.54, 1.807) is 6.08 Å². The normalized spacial score (nSPS) is 49.9. The Labute approximate surface area is 132 Å². The summed E-state index contributed by atoms with van der Waals surface area (Å²) in [6, 6.07) is 0. The fraction of sp³-hybridized carbons (Fsp3) is 0.842. The predicted molar refractivity (Wildman–Crippen MR) is 83.9 cm³/mol. The highest BCUT2D eigenvalue weighted by Crippen LogP contribution is 2.64. The van der Waals surface area contributed by atoms with Gasteiger partial charge in [-0.15, -0.1) is 0 Å². The van der Waals surface area contributed by atoms with E-state index in [2.05, 4.69) is 13.8 Å². The molecule has 3 heteroatoms. The number of fused-ring (bicyclic) bond motifs is 5. The Morgan fingerprint density at radius 1 is 0.955 bits per heavy atom. The maximum atomic E-state index is 12.4. The molecule has 0 amide bonds. The van der Waals surface area contributed by atoms with Crippen LogP contribution < -0.4 is 0 Å². The molecule has 3 fully saturated rings. The molecular formula is C19H28O3. The quantitative estimate of drug-likeness (QED) is 0.534. The standard InChI is InChI=1S/C19H28O3/c1-17-9-10-19(21,22)11-12(17)3-4-13-14-5-6-16(20)18(14,2)8-7-15(13)17/h11,13-15,21-22H,3-10H2,1-2H3/t13-,14-,15-,17-,18-/m0/s1. The summed E-state index contributed by atoms with van der Waals surface area (Å²) in [6.07, 6.45) is 9.15. The smallest absolute Gasteiger partial charge is 0.182 e. The molecule has 22 heavy (non-hydrogen) atoms. The first kappa shape index (κ1) is 14.9. The number of ketones is 1. The molecule has 0 aromatic rings. The van der Waals surface area contributed by atoms with Crippen molar-refractivity contribution in [2.75, 3.05) is 0 Å². The Bertz CT molecular complexity index is 549. The lowest BCUT2D eigenvalue weighted by atomic mass is 9.47. The first-order valence-corrected chi connectivity index (χ1v) is 8.97. The molecule has 0 radical (unpaired) electrons. The molecule has 0 saturated heterocycles. The van der Waals surface area contributed by atoms with Crippen LogP contribution in [-0.2, 0) is 4.79 Å². The second-order valence-electron chi connectivity index (χ2n) is 8.80. The van der Waals surface area contributed by atoms with Gasteiger partial charge < -0.3 is 10.2 Å². The fourth-order valence-electron chi connectivity index (χ4n) is 6.48. The van der Waals surface area contributed by atoms with Crippen molar-refractivity contribution in [2.24, 2.45) is 28.6 Å². The third-order valence-electron chi connectivity index (χ3n) is 7.86. The van der Waals surface area contributed by atoms with Crippen LogP contribution in [0, 0.1) is 28.6 Å². The first-order chi connectivity index (χ1) is 10.3. The van der Waals surface area contributed by atoms with Gasteiger partial charge in [-0.25, -0.2) is 0 Å². The number of rotatable bonds is 0. The number of allylic oxidation sites excluding steroid dienone is 1. The Hall–Kier alpha value is -0.670. The molecule has 0 bridgehead atoms. The SMILES string of the molecule is C[C@]12CCC(O)(O)C=C1CC[C@@H]1[C@@H]2CC[C@]2(C)C(=O)CC[C@@H]12. The van der Waals surface area contributed by atoms with Crippen LogP contribution in [0.3, 0.4) is 0 Å². The molecule has 4 rings (SSSR count). The minimum atomic E-state index is -1.60. The predicted octanol–water partition coefficient (Wildman–Crippen LogP) is 3.20. The van der Waals surface area contributed by atoms with Crippen LogP contribution in [0.1, 0.15) is 65.2 Å². The van der Waals surface area contributed by atoms with Gasteiger partial charge >= 0.3 is 0 Å². The zero-order valence-electron chi connectivity index (χ0n) is 13.8. The van der Waals surface area contributed by atoms with Crippen molar-refractivity contribution in [1.82, 2.24) is 0 Å². The van der Waals surface area contributed by atoms with Crippen LogP contribution in [0.2, 0.25) is 0 Å². The van der Waals surface area contributed by atoms with Gasteiger partial charge in [0.15, 0.2) is 5.79 Å². The van der Waals surface area contributed by atoms with Gasteiger partial charge in [-0.05, 0) is 67.8 Å². The van der Waals surface area contributed by atoms with Crippen LogP contribution in [0.5, 0.6) is 0 Å². The number of carbonyl (C=O) groups excluding carboxylic acids is 1. The van der Waals surface area contributed by atoms with Gasteiger partial charge in [0.1, 0.15) is 5.78 Å². The van der Waals surface area contributed by atoms with Gasteiger partial charge in [0.05, 0.1) is 0 Å². The van der Waals surface area contributed by atoms with Gasteiger partial charge in [-0.1, -0.05) is 19.4 Å². The molecule has 4 aliphatic carbocycles. The summed E-state index contributed by atoms with van der Waals surface area (Å²) in [5.41, 5.74) is 1.31. The fourth-order valence-corrected chi connectivity index (χ4v) is 6.48. The lowest BCUT2D eigenvalue weighted by molar-refractivity contribution is -0.147. The Morgan fingerprint density at radius 2 is 1.68 bits per heavy atom. The van der Waals surface area contributed by atoms with E-state index >= 15 is 0 Å². The molecule has 0 aliphatic heterocycles. The van der Waals surface area contributed by atoms with Crippen molar-refractivity contribution in [3.8, 4) is 0 Å². The summed E-state index contributed by atoms with van der Waals surface area (Å²) >= 11 is 0. The number of carbonyl (C=O) groups is 1. The Kier molecular flexibility index (Phi) is 3.01. The van der Waals surface area contributed by atoms with E-state index in [1.807, 2.05) is 0 Å². The van der Waals surface area contributed by atoms with Crippen LogP contribution in [0.15, 0.2) is 11.6 Å². The summed E-state index contributed by atoms with van der Waals surface area (Å²) in [4.78, 5) is 12.4. The zero-order valence-corrected chi connectivity index (χ0v) is 13.8. The highest BCUT2D eigenvalue weighted by atomic mass is 16.5. The van der Waals surface area contributed by atoms with Crippen molar-refractivity contribution >= 4 is 5.78 Å². The van der Waals surface area contributed by atoms with Crippen LogP contribution in [0.4, 0.5) is 0 Å². The van der Waals surface area contributed by atoms with Gasteiger partial charge in [-0.3, -0.25) is 4.79 Å². The van der Waals surface area contributed by atoms with E-state index in [9.17, 15) is 15.0 Å². The van der Waals surface area contributed by atoms with Crippen molar-refractivity contribution in [2.45, 2.75) is 71.0 Å². The highest BCUT2D eigenvalue weighted by Gasteiger charge is 2.59. The number of Topliss-reactive ketones (excluding diaryl/α,β-unsaturated/α-hetero) is 1. The van der Waals surface area contributed by atoms with Crippen molar-refractivity contribution < 1.29 is 15.0 Å². The van der Waals surface area contributed by atoms with Gasteiger partial charge in [-0.2, -0.15) is 0 Å². The van der Waals surface area contributed by atoms with E-state index < -0.39 is 5.79 Å². The molecule has 0 aromatic heterocycles. The molecule has 0 unspecified atom stereocenters. The van der Waals surface area contributed by atoms with E-state index in [0.29, 0.717) is 30.0 Å². The summed E-state index contributed by atoms with van der Waals surface area (Å²) in [5, 5.41) is 20.0. The molecule has 0 spiro atoms. The number of aliphatic hydroxyl groups is 2. The summed E-state index contributed by atoms with van der Waals surface area (Å²) < 4.78 is 0. The number of hydrogen-bond donors (Lipinski definition) is 2. The van der Waals surface area contributed by atoms with Crippen LogP contribution >= 0.6 is 0 Å². The summed E-state index contributed by atoms with van der Waals surface area (Å²) in [6.45, 7) is 4.55. The monoisotopic (exact) mass is 304 g/mol.